The molecule has 10 saturated carbocycles. The number of aromatic nitrogens is 2. The number of pyridine rings is 2. The van der Waals surface area contributed by atoms with Crippen LogP contribution in [0.4, 0.5) is 13.2 Å². The Morgan fingerprint density at radius 3 is 1.53 bits per heavy atom. The Morgan fingerprint density at radius 2 is 1.16 bits per heavy atom. The third kappa shape index (κ3) is 10.1. The number of halogens is 3. The topological polar surface area (TPSA) is 193 Å². The molecule has 70 heavy (non-hydrogen) atoms. The largest absolute Gasteiger partial charge is 1.00 e. The Balaban J connectivity index is 0.000000173. The molecule has 14 rings (SSSR count). The molecule has 0 radical (unpaired) electrons. The van der Waals surface area contributed by atoms with Crippen molar-refractivity contribution in [3.8, 4) is 17.6 Å². The number of ether oxygens (including phenoxy) is 2. The number of carbonyl (C=O) groups is 2. The van der Waals surface area contributed by atoms with Gasteiger partial charge in [-0.25, -0.2) is 8.78 Å². The van der Waals surface area contributed by atoms with Gasteiger partial charge in [0, 0.05) is 57.9 Å². The monoisotopic (exact) mass is 1010 g/mol. The number of benzene rings is 2. The molecular weight excluding hydrogens is 949 g/mol. The molecule has 366 valence electrons. The van der Waals surface area contributed by atoms with Gasteiger partial charge in [0.15, 0.2) is 0 Å². The molecule has 0 saturated heterocycles. The fourth-order valence-corrected chi connectivity index (χ4v) is 14.7. The predicted molar refractivity (Wildman–Crippen MR) is 247 cm³/mol. The second-order valence-electron chi connectivity index (χ2n) is 21.7. The number of carbonyl (C=O) groups excluding carboxylic acids is 2. The molecule has 2 aromatic heterocycles. The summed E-state index contributed by atoms with van der Waals surface area (Å²) in [5.41, 5.74) is 1.38. The van der Waals surface area contributed by atoms with Gasteiger partial charge in [-0.3, -0.25) is 28.1 Å². The zero-order valence-corrected chi connectivity index (χ0v) is 43.9. The Morgan fingerprint density at radius 1 is 0.771 bits per heavy atom. The smallest absolute Gasteiger partial charge is 0.512 e. The van der Waals surface area contributed by atoms with Crippen molar-refractivity contribution in [1.82, 2.24) is 20.6 Å². The molecule has 10 fully saturated rings. The first-order chi connectivity index (χ1) is 33.4. The van der Waals surface area contributed by atoms with Crippen LogP contribution in [0.3, 0.4) is 0 Å². The third-order valence-electron chi connectivity index (χ3n) is 16.9. The van der Waals surface area contributed by atoms with Crippen molar-refractivity contribution in [3.63, 3.8) is 0 Å². The van der Waals surface area contributed by atoms with Crippen molar-refractivity contribution >= 4 is 43.7 Å². The number of rotatable bonds is 14. The number of nitriles is 1. The number of nitrogens with zero attached hydrogens (tertiary/aromatic N) is 4. The van der Waals surface area contributed by atoms with E-state index in [1.54, 1.807) is 30.6 Å². The number of nitrogens with one attached hydrogen (secondary N) is 2. The summed E-state index contributed by atoms with van der Waals surface area (Å²) in [5, 5.41) is 23.1. The van der Waals surface area contributed by atoms with Gasteiger partial charge in [-0.05, 0) is 154 Å². The summed E-state index contributed by atoms with van der Waals surface area (Å²) in [4.78, 5) is 34.4. The first-order valence-corrected chi connectivity index (χ1v) is 25.5. The molecule has 6 unspecified atom stereocenters. The van der Waals surface area contributed by atoms with Gasteiger partial charge in [0.25, 0.3) is 10.1 Å². The van der Waals surface area contributed by atoms with Crippen LogP contribution in [0, 0.1) is 93.0 Å². The van der Waals surface area contributed by atoms with Crippen LogP contribution in [0.1, 0.15) is 85.8 Å². The zero-order valence-electron chi connectivity index (χ0n) is 40.9. The Kier molecular flexibility index (Phi) is 14.5. The third-order valence-corrected chi connectivity index (χ3v) is 17.5. The van der Waals surface area contributed by atoms with Crippen LogP contribution in [0.5, 0.6) is 11.5 Å². The minimum atomic E-state index is -3.43. The van der Waals surface area contributed by atoms with Crippen molar-refractivity contribution in [2.45, 2.75) is 108 Å². The average molecular weight is 1010 g/mol. The van der Waals surface area contributed by atoms with E-state index in [9.17, 15) is 31.2 Å². The minimum absolute atomic E-state index is 0. The number of hydrogen-bond donors (Lipinski definition) is 2. The van der Waals surface area contributed by atoms with Gasteiger partial charge in [0.05, 0.1) is 50.7 Å². The van der Waals surface area contributed by atoms with E-state index in [-0.39, 0.29) is 127 Å². The average Bonchev–Trinajstić information content (AvgIpc) is 4.00. The molecule has 18 heteroatoms. The van der Waals surface area contributed by atoms with Crippen LogP contribution in [0.2, 0.25) is 0 Å². The molecule has 2 aromatic carbocycles. The molecule has 13 nitrogen and oxygen atoms in total. The van der Waals surface area contributed by atoms with Gasteiger partial charge < -0.3 is 31.9 Å². The van der Waals surface area contributed by atoms with E-state index >= 15 is 0 Å². The van der Waals surface area contributed by atoms with Gasteiger partial charge in [-0.1, -0.05) is 13.8 Å². The van der Waals surface area contributed by atoms with E-state index in [1.165, 1.54) is 24.3 Å². The minimum Gasteiger partial charge on any atom is -0.512 e. The molecule has 10 atom stereocenters. The molecule has 2 heterocycles. The van der Waals surface area contributed by atoms with E-state index in [4.69, 9.17) is 32.1 Å². The van der Waals surface area contributed by atoms with Crippen molar-refractivity contribution in [2.75, 3.05) is 20.0 Å². The predicted octanol–water partition coefficient (Wildman–Crippen LogP) is 5.48. The molecule has 4 aromatic rings. The second kappa shape index (κ2) is 19.9. The maximum absolute atomic E-state index is 13.7. The number of fused-ring (bicyclic) bond motifs is 4. The molecule has 0 spiro atoms. The molecule has 10 aliphatic carbocycles. The summed E-state index contributed by atoms with van der Waals surface area (Å²) >= 11 is 0. The first-order valence-electron chi connectivity index (χ1n) is 24.4. The number of alkyl halides is 1. The SMILES string of the molecule is CC(C(=O)NC12CC(CC#N)(C1)C2)C1[C@H]2CC(Oc3ccnc4ccc(F)cc34)C[C@@H]12.CC(C(=O)NC12CC(COS(C)(=O)=O)(C1)C2)C1[C@H]2CC(Oc3ccnc4ccc(F)cc34)C[C@@H]12.[2H]CF.[C-]#N.[K+]. The van der Waals surface area contributed by atoms with E-state index in [2.05, 4.69) is 33.6 Å². The van der Waals surface area contributed by atoms with Gasteiger partial charge in [-0.15, -0.1) is 0 Å². The molecule has 2 amide bonds. The first kappa shape index (κ1) is 51.0. The summed E-state index contributed by atoms with van der Waals surface area (Å²) < 4.78 is 82.9. The van der Waals surface area contributed by atoms with E-state index in [0.29, 0.717) is 69.7 Å². The van der Waals surface area contributed by atoms with Crippen molar-refractivity contribution in [2.24, 2.45) is 58.2 Å². The van der Waals surface area contributed by atoms with Crippen LogP contribution in [0.25, 0.3) is 21.8 Å². The maximum atomic E-state index is 13.7. The van der Waals surface area contributed by atoms with E-state index in [1.807, 2.05) is 13.0 Å². The van der Waals surface area contributed by atoms with Crippen LogP contribution in [0.15, 0.2) is 60.9 Å². The van der Waals surface area contributed by atoms with Gasteiger partial charge in [-0.2, -0.15) is 13.7 Å². The summed E-state index contributed by atoms with van der Waals surface area (Å²) in [6.45, 7) is 9.04. The molecular formula is C52H58F3KN6O7S. The van der Waals surface area contributed by atoms with Gasteiger partial charge in [0.2, 0.25) is 11.8 Å². The fraction of sp³-hybridized carbons (Fsp3) is 0.577. The Hall–Kier alpha value is -3.88. The van der Waals surface area contributed by atoms with E-state index in [0.717, 1.165) is 76.0 Å². The van der Waals surface area contributed by atoms with Gasteiger partial charge >= 0.3 is 51.4 Å². The number of amides is 2. The standard InChI is InChI=1S/C25H26FN3O2.C25H29FN2O5S.CH3F.CN.K/c1-14(23(30)29-25-11-24(12-25,13-25)5-6-27)22-17-9-16(10-18(17)22)31-21-4-7-28-20-3-2-15(26)8-19(20)21;1-14(23(29)28-25-10-24(11-25,12-25)13-32-34(2,30)31)22-17-8-16(9-18(17)22)33-21-5-6-27-20-4-3-15(26)7-19(20)21;2*1-2;/h2-4,7-8,14,16-18,22H,5,9-13H2,1H3,(H,29,30);3-7,14,16-18,22H,8-13H2,1-2H3,(H,28,29);1H3;;/q;;;-1;+1/t2*14?,16?,17-,18+,22?,24?,25?;;;/i;;1D;;. The zero-order chi connectivity index (χ0) is 50.0. The van der Waals surface area contributed by atoms with Crippen LogP contribution in [-0.4, -0.2) is 73.5 Å². The molecule has 2 N–H and O–H groups in total. The number of hydrogen-bond acceptors (Lipinski definition) is 11. The molecule has 10 aliphatic rings. The molecule has 4 bridgehead atoms. The van der Waals surface area contributed by atoms with Crippen molar-refractivity contribution in [1.29, 1.82) is 10.5 Å². The summed E-state index contributed by atoms with van der Waals surface area (Å²) in [6, 6.07) is 15.0. The van der Waals surface area contributed by atoms with Crippen LogP contribution < -0.4 is 71.5 Å². The Bertz CT molecular complexity index is 2810. The van der Waals surface area contributed by atoms with E-state index < -0.39 is 17.3 Å². The summed E-state index contributed by atoms with van der Waals surface area (Å²) in [7, 11) is -4.43. The van der Waals surface area contributed by atoms with Crippen LogP contribution >= 0.6 is 0 Å². The maximum Gasteiger partial charge on any atom is 1.00 e. The van der Waals surface area contributed by atoms with Crippen LogP contribution in [-0.2, 0) is 23.9 Å². The normalized spacial score (nSPS) is 34.6. The summed E-state index contributed by atoms with van der Waals surface area (Å²) in [6.07, 6.45) is 14.3. The fourth-order valence-electron chi connectivity index (χ4n) is 14.2. The quantitative estimate of drug-likeness (QED) is 0.0924. The van der Waals surface area contributed by atoms with Crippen molar-refractivity contribution < 1.29 is 97.6 Å². The summed E-state index contributed by atoms with van der Waals surface area (Å²) in [5.74, 6) is 3.85. The Labute approximate surface area is 451 Å². The second-order valence-corrected chi connectivity index (χ2v) is 23.3. The molecule has 0 aliphatic heterocycles. The van der Waals surface area contributed by atoms with Crippen molar-refractivity contribution in [3.05, 3.63) is 79.1 Å². The van der Waals surface area contributed by atoms with Gasteiger partial charge in [0.1, 0.15) is 23.1 Å².